The van der Waals surface area contributed by atoms with E-state index in [4.69, 9.17) is 4.74 Å². The monoisotopic (exact) mass is 318 g/mol. The second-order valence-electron chi connectivity index (χ2n) is 6.22. The molecule has 128 valence electrons. The number of rotatable bonds is 5. The van der Waals surface area contributed by atoms with Crippen LogP contribution in [0.25, 0.3) is 0 Å². The van der Waals surface area contributed by atoms with Gasteiger partial charge in [0.1, 0.15) is 17.9 Å². The summed E-state index contributed by atoms with van der Waals surface area (Å²) in [6.45, 7) is 8.88. The lowest BCUT2D eigenvalue weighted by molar-refractivity contribution is -0.142. The first-order valence-electron chi connectivity index (χ1n) is 7.21. The first-order chi connectivity index (χ1) is 10.2. The highest BCUT2D eigenvalue weighted by atomic mass is 16.6. The van der Waals surface area contributed by atoms with E-state index < -0.39 is 6.23 Å². The Bertz CT molecular complexity index is 384. The number of ether oxygens (including phenoxy) is 3. The standard InChI is InChI=1S/C9H16N2O4.C5H10O2/c1-5(9(13)14-2)10-3-6-4-15-8-7(12)11(6)8;1-5(2,3)7-4-6/h5-8,10,12H,3-4H2,1-2H3;4H,1-3H3/t5-,6?,7?,8?,11?;/m0./s1. The van der Waals surface area contributed by atoms with Gasteiger partial charge in [-0.3, -0.25) is 9.59 Å². The van der Waals surface area contributed by atoms with Crippen molar-refractivity contribution in [2.45, 2.75) is 57.8 Å². The maximum Gasteiger partial charge on any atom is 0.322 e. The molecule has 0 bridgehead atoms. The maximum absolute atomic E-state index is 11.1. The Kier molecular flexibility index (Phi) is 6.73. The Morgan fingerprint density at radius 1 is 1.55 bits per heavy atom. The first kappa shape index (κ1) is 18.8. The zero-order valence-electron chi connectivity index (χ0n) is 13.7. The molecule has 8 nitrogen and oxygen atoms in total. The van der Waals surface area contributed by atoms with Crippen LogP contribution in [-0.2, 0) is 23.8 Å². The molecule has 2 heterocycles. The highest BCUT2D eigenvalue weighted by molar-refractivity contribution is 5.75. The van der Waals surface area contributed by atoms with Gasteiger partial charge in [0, 0.05) is 6.54 Å². The quantitative estimate of drug-likeness (QED) is 0.396. The average molecular weight is 318 g/mol. The van der Waals surface area contributed by atoms with Gasteiger partial charge in [-0.25, -0.2) is 4.90 Å². The molecule has 8 heteroatoms. The largest absolute Gasteiger partial charge is 0.468 e. The van der Waals surface area contributed by atoms with Crippen molar-refractivity contribution in [2.24, 2.45) is 0 Å². The molecule has 0 aliphatic carbocycles. The zero-order valence-corrected chi connectivity index (χ0v) is 13.7. The molecule has 0 aromatic rings. The third-order valence-electron chi connectivity index (χ3n) is 3.26. The minimum Gasteiger partial charge on any atom is -0.468 e. The van der Waals surface area contributed by atoms with Crippen LogP contribution in [0.4, 0.5) is 0 Å². The first-order valence-corrected chi connectivity index (χ1v) is 7.21. The summed E-state index contributed by atoms with van der Waals surface area (Å²) in [5.74, 6) is -0.281. The molecular weight excluding hydrogens is 292 g/mol. The number of hydrogen-bond donors (Lipinski definition) is 2. The van der Waals surface area contributed by atoms with Crippen molar-refractivity contribution in [1.29, 1.82) is 0 Å². The number of morpholine rings is 1. The number of nitrogens with zero attached hydrogens (tertiary/aromatic N) is 1. The van der Waals surface area contributed by atoms with Crippen LogP contribution in [0.2, 0.25) is 0 Å². The Labute approximate surface area is 130 Å². The number of hydrogen-bond acceptors (Lipinski definition) is 8. The second kappa shape index (κ2) is 7.87. The maximum atomic E-state index is 11.1. The van der Waals surface area contributed by atoms with Crippen molar-refractivity contribution in [1.82, 2.24) is 10.2 Å². The number of aliphatic hydroxyl groups is 1. The summed E-state index contributed by atoms with van der Waals surface area (Å²) in [6.07, 6.45) is -0.579. The number of carbonyl (C=O) groups is 2. The number of carbonyl (C=O) groups excluding carboxylic acids is 2. The Balaban J connectivity index is 0.000000295. The van der Waals surface area contributed by atoms with Gasteiger partial charge in [-0.2, -0.15) is 0 Å². The summed E-state index contributed by atoms with van der Waals surface area (Å²) >= 11 is 0. The van der Waals surface area contributed by atoms with Gasteiger partial charge in [-0.15, -0.1) is 0 Å². The third-order valence-corrected chi connectivity index (χ3v) is 3.26. The molecule has 2 N–H and O–H groups in total. The van der Waals surface area contributed by atoms with Crippen LogP contribution in [-0.4, -0.2) is 72.8 Å². The molecular formula is C14H26N2O6. The highest BCUT2D eigenvalue weighted by Gasteiger charge is 2.56. The summed E-state index contributed by atoms with van der Waals surface area (Å²) in [5, 5.41) is 12.4. The van der Waals surface area contributed by atoms with E-state index in [-0.39, 0.29) is 29.9 Å². The van der Waals surface area contributed by atoms with Crippen LogP contribution >= 0.6 is 0 Å². The van der Waals surface area contributed by atoms with Crippen molar-refractivity contribution in [2.75, 3.05) is 20.3 Å². The van der Waals surface area contributed by atoms with Crippen molar-refractivity contribution >= 4 is 12.4 Å². The van der Waals surface area contributed by atoms with Crippen molar-refractivity contribution in [3.63, 3.8) is 0 Å². The van der Waals surface area contributed by atoms with E-state index in [2.05, 4.69) is 14.8 Å². The molecule has 4 unspecified atom stereocenters. The predicted molar refractivity (Wildman–Crippen MR) is 77.8 cm³/mol. The smallest absolute Gasteiger partial charge is 0.322 e. The number of aliphatic hydroxyl groups excluding tert-OH is 1. The molecule has 0 radical (unpaired) electrons. The van der Waals surface area contributed by atoms with Gasteiger partial charge in [-0.1, -0.05) is 0 Å². The Hall–Kier alpha value is -1.22. The molecule has 2 saturated heterocycles. The number of nitrogens with one attached hydrogen (secondary N) is 1. The van der Waals surface area contributed by atoms with Gasteiger partial charge >= 0.3 is 5.97 Å². The van der Waals surface area contributed by atoms with Crippen LogP contribution < -0.4 is 5.32 Å². The average Bonchev–Trinajstić information content (AvgIpc) is 2.88. The molecule has 0 spiro atoms. The van der Waals surface area contributed by atoms with Gasteiger partial charge in [0.25, 0.3) is 6.47 Å². The van der Waals surface area contributed by atoms with Crippen LogP contribution in [0.15, 0.2) is 0 Å². The van der Waals surface area contributed by atoms with E-state index in [0.29, 0.717) is 19.6 Å². The normalized spacial score (nSPS) is 30.5. The molecule has 0 aromatic carbocycles. The van der Waals surface area contributed by atoms with Gasteiger partial charge in [0.15, 0.2) is 6.23 Å². The van der Waals surface area contributed by atoms with Gasteiger partial charge in [0.2, 0.25) is 0 Å². The molecule has 0 aromatic heterocycles. The summed E-state index contributed by atoms with van der Waals surface area (Å²) in [7, 11) is 1.36. The molecule has 22 heavy (non-hydrogen) atoms. The minimum absolute atomic E-state index is 0.120. The Morgan fingerprint density at radius 3 is 2.55 bits per heavy atom. The topological polar surface area (TPSA) is 97.1 Å². The van der Waals surface area contributed by atoms with Gasteiger partial charge in [0.05, 0.1) is 19.8 Å². The third kappa shape index (κ3) is 5.53. The summed E-state index contributed by atoms with van der Waals surface area (Å²) in [6, 6.07) is -0.178. The van der Waals surface area contributed by atoms with Crippen molar-refractivity contribution in [3.8, 4) is 0 Å². The van der Waals surface area contributed by atoms with Crippen molar-refractivity contribution in [3.05, 3.63) is 0 Å². The minimum atomic E-state index is -0.459. The molecule has 5 atom stereocenters. The van der Waals surface area contributed by atoms with Crippen LogP contribution in [0, 0.1) is 0 Å². The molecule has 0 amide bonds. The predicted octanol–water partition coefficient (Wildman–Crippen LogP) is -0.546. The molecule has 2 fully saturated rings. The van der Waals surface area contributed by atoms with E-state index in [0.717, 1.165) is 0 Å². The number of fused-ring (bicyclic) bond motifs is 1. The van der Waals surface area contributed by atoms with E-state index >= 15 is 0 Å². The van der Waals surface area contributed by atoms with Gasteiger partial charge in [-0.05, 0) is 27.7 Å². The van der Waals surface area contributed by atoms with E-state index in [1.807, 2.05) is 25.7 Å². The van der Waals surface area contributed by atoms with E-state index in [1.165, 1.54) is 7.11 Å². The fraction of sp³-hybridized carbons (Fsp3) is 0.857. The van der Waals surface area contributed by atoms with Gasteiger partial charge < -0.3 is 24.6 Å². The second-order valence-corrected chi connectivity index (χ2v) is 6.22. The van der Waals surface area contributed by atoms with Crippen LogP contribution in [0.3, 0.4) is 0 Å². The summed E-state index contributed by atoms with van der Waals surface area (Å²) in [4.78, 5) is 22.6. The van der Waals surface area contributed by atoms with Crippen molar-refractivity contribution < 1.29 is 28.9 Å². The van der Waals surface area contributed by atoms with E-state index in [9.17, 15) is 14.7 Å². The number of esters is 1. The van der Waals surface area contributed by atoms with Crippen LogP contribution in [0.1, 0.15) is 27.7 Å². The SMILES string of the molecule is CC(C)(C)OC=O.COC(=O)[C@H](C)NCC1COC2C(O)N12. The zero-order chi connectivity index (χ0) is 16.9. The highest BCUT2D eigenvalue weighted by Crippen LogP contribution is 2.35. The Morgan fingerprint density at radius 2 is 2.18 bits per heavy atom. The lowest BCUT2D eigenvalue weighted by Crippen LogP contribution is -2.42. The molecule has 2 aliphatic heterocycles. The number of methoxy groups -OCH3 is 1. The molecule has 2 aliphatic rings. The molecule has 0 saturated carbocycles. The molecule has 2 rings (SSSR count). The van der Waals surface area contributed by atoms with Crippen LogP contribution in [0.5, 0.6) is 0 Å². The summed E-state index contributed by atoms with van der Waals surface area (Å²) in [5.41, 5.74) is -0.318. The lowest BCUT2D eigenvalue weighted by Gasteiger charge is -2.16. The fourth-order valence-corrected chi connectivity index (χ4v) is 1.99. The fourth-order valence-electron chi connectivity index (χ4n) is 1.99. The lowest BCUT2D eigenvalue weighted by atomic mass is 10.2. The summed E-state index contributed by atoms with van der Waals surface area (Å²) < 4.78 is 14.4. The van der Waals surface area contributed by atoms with E-state index in [1.54, 1.807) is 6.92 Å².